The molecular formula is C21H30ClN. The van der Waals surface area contributed by atoms with E-state index in [1.54, 1.807) is 0 Å². The van der Waals surface area contributed by atoms with Crippen LogP contribution in [0.3, 0.4) is 0 Å². The summed E-state index contributed by atoms with van der Waals surface area (Å²) in [4.78, 5) is 0. The summed E-state index contributed by atoms with van der Waals surface area (Å²) in [7, 11) is 0. The molecule has 0 saturated heterocycles. The average Bonchev–Trinajstić information content (AvgIpc) is 2.57. The van der Waals surface area contributed by atoms with Crippen LogP contribution in [0.1, 0.15) is 43.4 Å². The van der Waals surface area contributed by atoms with E-state index in [1.165, 1.54) is 16.7 Å². The van der Waals surface area contributed by atoms with E-state index in [9.17, 15) is 0 Å². The van der Waals surface area contributed by atoms with Crippen LogP contribution in [0.4, 0.5) is 0 Å². The van der Waals surface area contributed by atoms with E-state index in [0.717, 1.165) is 11.4 Å². The fourth-order valence-corrected chi connectivity index (χ4v) is 2.51. The molecule has 2 aromatic carbocycles. The molecule has 0 spiro atoms. The highest BCUT2D eigenvalue weighted by atomic mass is 35.5. The number of aryl methyl sites for hydroxylation is 1. The Labute approximate surface area is 147 Å². The van der Waals surface area contributed by atoms with E-state index in [4.69, 9.17) is 17.3 Å². The number of hydrogen-bond acceptors (Lipinski definition) is 1. The Kier molecular flexibility index (Phi) is 11.1. The van der Waals surface area contributed by atoms with Gasteiger partial charge in [0.2, 0.25) is 0 Å². The molecule has 126 valence electrons. The van der Waals surface area contributed by atoms with Crippen molar-refractivity contribution in [3.63, 3.8) is 0 Å². The predicted octanol–water partition coefficient (Wildman–Crippen LogP) is 6.15. The molecule has 0 radical (unpaired) electrons. The SMILES string of the molecule is C=C.CC.Cc1cccc(C(Cc2ccc(Cl)cc2)C(C)N)c1. The first-order chi connectivity index (χ1) is 11.1. The van der Waals surface area contributed by atoms with Gasteiger partial charge in [0.1, 0.15) is 0 Å². The van der Waals surface area contributed by atoms with Crippen LogP contribution in [0.2, 0.25) is 5.02 Å². The van der Waals surface area contributed by atoms with Crippen LogP contribution in [0.5, 0.6) is 0 Å². The second kappa shape index (κ2) is 11.9. The number of benzene rings is 2. The summed E-state index contributed by atoms with van der Waals surface area (Å²) in [5.41, 5.74) is 10.0. The van der Waals surface area contributed by atoms with Gasteiger partial charge in [-0.15, -0.1) is 13.2 Å². The summed E-state index contributed by atoms with van der Waals surface area (Å²) < 4.78 is 0. The van der Waals surface area contributed by atoms with E-state index < -0.39 is 0 Å². The maximum Gasteiger partial charge on any atom is 0.0406 e. The van der Waals surface area contributed by atoms with E-state index in [-0.39, 0.29) is 6.04 Å². The fraction of sp³-hybridized carbons (Fsp3) is 0.333. The zero-order valence-electron chi connectivity index (χ0n) is 14.9. The van der Waals surface area contributed by atoms with Gasteiger partial charge in [-0.25, -0.2) is 0 Å². The highest BCUT2D eigenvalue weighted by molar-refractivity contribution is 6.30. The van der Waals surface area contributed by atoms with Gasteiger partial charge in [0.05, 0.1) is 0 Å². The Hall–Kier alpha value is -1.57. The molecule has 0 aliphatic heterocycles. The lowest BCUT2D eigenvalue weighted by molar-refractivity contribution is 0.565. The van der Waals surface area contributed by atoms with Gasteiger partial charge in [-0.1, -0.05) is 67.4 Å². The van der Waals surface area contributed by atoms with Crippen molar-refractivity contribution in [2.24, 2.45) is 5.73 Å². The molecule has 2 heteroatoms. The molecule has 1 nitrogen and oxygen atoms in total. The maximum absolute atomic E-state index is 6.17. The molecule has 2 aromatic rings. The molecule has 0 aromatic heterocycles. The summed E-state index contributed by atoms with van der Waals surface area (Å²) in [6, 6.07) is 16.8. The predicted molar refractivity (Wildman–Crippen MR) is 105 cm³/mol. The summed E-state index contributed by atoms with van der Waals surface area (Å²) >= 11 is 5.92. The minimum absolute atomic E-state index is 0.123. The van der Waals surface area contributed by atoms with Gasteiger partial charge in [0, 0.05) is 17.0 Å². The smallest absolute Gasteiger partial charge is 0.0406 e. The van der Waals surface area contributed by atoms with Crippen molar-refractivity contribution in [3.8, 4) is 0 Å². The molecule has 0 heterocycles. The van der Waals surface area contributed by atoms with Crippen LogP contribution < -0.4 is 5.73 Å². The summed E-state index contributed by atoms with van der Waals surface area (Å²) in [5, 5.41) is 0.775. The van der Waals surface area contributed by atoms with Gasteiger partial charge < -0.3 is 5.73 Å². The van der Waals surface area contributed by atoms with Crippen molar-refractivity contribution in [2.75, 3.05) is 0 Å². The topological polar surface area (TPSA) is 26.0 Å². The number of rotatable bonds is 4. The first-order valence-electron chi connectivity index (χ1n) is 8.13. The molecule has 0 bridgehead atoms. The standard InChI is InChI=1S/C17H20ClN.C2H6.C2H4/c1-12-4-3-5-15(10-12)17(13(2)19)11-14-6-8-16(18)9-7-14;2*1-2/h3-10,13,17H,11,19H2,1-2H3;1-2H3;1-2H2. The second-order valence-electron chi connectivity index (χ2n) is 5.21. The first-order valence-corrected chi connectivity index (χ1v) is 8.50. The van der Waals surface area contributed by atoms with Gasteiger partial charge in [-0.3, -0.25) is 0 Å². The Balaban J connectivity index is 0.00000112. The number of hydrogen-bond donors (Lipinski definition) is 1. The molecule has 2 atom stereocenters. The minimum Gasteiger partial charge on any atom is -0.327 e. The van der Waals surface area contributed by atoms with E-state index in [1.807, 2.05) is 26.0 Å². The zero-order valence-corrected chi connectivity index (χ0v) is 15.6. The van der Waals surface area contributed by atoms with Crippen molar-refractivity contribution in [1.29, 1.82) is 0 Å². The largest absolute Gasteiger partial charge is 0.327 e. The summed E-state index contributed by atoms with van der Waals surface area (Å²) in [5.74, 6) is 0.334. The molecule has 2 unspecified atom stereocenters. The lowest BCUT2D eigenvalue weighted by atomic mass is 9.86. The Morgan fingerprint density at radius 1 is 1.04 bits per heavy atom. The molecule has 23 heavy (non-hydrogen) atoms. The van der Waals surface area contributed by atoms with Crippen molar-refractivity contribution in [1.82, 2.24) is 0 Å². The highest BCUT2D eigenvalue weighted by Crippen LogP contribution is 2.25. The monoisotopic (exact) mass is 331 g/mol. The molecule has 2 N–H and O–H groups in total. The third kappa shape index (κ3) is 7.49. The van der Waals surface area contributed by atoms with Crippen LogP contribution in [-0.2, 0) is 6.42 Å². The van der Waals surface area contributed by atoms with Gasteiger partial charge >= 0.3 is 0 Å². The molecule has 0 saturated carbocycles. The Morgan fingerprint density at radius 3 is 2.09 bits per heavy atom. The van der Waals surface area contributed by atoms with Crippen molar-refractivity contribution in [3.05, 3.63) is 83.4 Å². The first kappa shape index (κ1) is 21.4. The molecule has 0 aliphatic rings. The van der Waals surface area contributed by atoms with Gasteiger partial charge in [-0.2, -0.15) is 0 Å². The average molecular weight is 332 g/mol. The maximum atomic E-state index is 6.17. The summed E-state index contributed by atoms with van der Waals surface area (Å²) in [6.07, 6.45) is 0.943. The highest BCUT2D eigenvalue weighted by Gasteiger charge is 2.16. The quantitative estimate of drug-likeness (QED) is 0.668. The molecule has 0 amide bonds. The third-order valence-corrected chi connectivity index (χ3v) is 3.73. The van der Waals surface area contributed by atoms with Crippen molar-refractivity contribution in [2.45, 2.75) is 46.1 Å². The van der Waals surface area contributed by atoms with Gasteiger partial charge in [-0.05, 0) is 43.5 Å². The van der Waals surface area contributed by atoms with Crippen LogP contribution in [0.25, 0.3) is 0 Å². The van der Waals surface area contributed by atoms with Crippen LogP contribution in [0.15, 0.2) is 61.7 Å². The van der Waals surface area contributed by atoms with Gasteiger partial charge in [0.15, 0.2) is 0 Å². The second-order valence-corrected chi connectivity index (χ2v) is 5.65. The summed E-state index contributed by atoms with van der Waals surface area (Å²) in [6.45, 7) is 14.2. The third-order valence-electron chi connectivity index (χ3n) is 3.47. The van der Waals surface area contributed by atoms with Crippen LogP contribution in [0, 0.1) is 6.92 Å². The van der Waals surface area contributed by atoms with Crippen LogP contribution >= 0.6 is 11.6 Å². The Bertz CT molecular complexity index is 546. The lowest BCUT2D eigenvalue weighted by Crippen LogP contribution is -2.26. The molecule has 0 fully saturated rings. The lowest BCUT2D eigenvalue weighted by Gasteiger charge is -2.22. The van der Waals surface area contributed by atoms with Gasteiger partial charge in [0.25, 0.3) is 0 Å². The molecular weight excluding hydrogens is 302 g/mol. The van der Waals surface area contributed by atoms with Crippen LogP contribution in [-0.4, -0.2) is 6.04 Å². The minimum atomic E-state index is 0.123. The Morgan fingerprint density at radius 2 is 1.61 bits per heavy atom. The normalized spacial score (nSPS) is 12.1. The van der Waals surface area contributed by atoms with Crippen molar-refractivity contribution < 1.29 is 0 Å². The molecule has 2 rings (SSSR count). The molecule has 0 aliphatic carbocycles. The van der Waals surface area contributed by atoms with Crippen molar-refractivity contribution >= 4 is 11.6 Å². The number of halogens is 1. The number of nitrogens with two attached hydrogens (primary N) is 1. The van der Waals surface area contributed by atoms with E-state index in [0.29, 0.717) is 5.92 Å². The fourth-order valence-electron chi connectivity index (χ4n) is 2.38. The van der Waals surface area contributed by atoms with E-state index in [2.05, 4.69) is 63.4 Å². The zero-order chi connectivity index (χ0) is 17.8. The van der Waals surface area contributed by atoms with E-state index >= 15 is 0 Å².